The monoisotopic (exact) mass is 268 g/mol. The van der Waals surface area contributed by atoms with Gasteiger partial charge in [-0.05, 0) is 17.1 Å². The summed E-state index contributed by atoms with van der Waals surface area (Å²) in [6.07, 6.45) is 1.24. The van der Waals surface area contributed by atoms with E-state index in [4.69, 9.17) is 16.7 Å². The zero-order valence-electron chi connectivity index (χ0n) is 8.65. The summed E-state index contributed by atoms with van der Waals surface area (Å²) >= 11 is 5.66. The Bertz CT molecular complexity index is 639. The number of carboxylic acids is 1. The van der Waals surface area contributed by atoms with E-state index in [2.05, 4.69) is 10.1 Å². The minimum absolute atomic E-state index is 0.0631. The Morgan fingerprint density at radius 3 is 2.72 bits per heavy atom. The molecule has 9 heteroatoms. The van der Waals surface area contributed by atoms with Gasteiger partial charge in [0.05, 0.1) is 17.4 Å². The van der Waals surface area contributed by atoms with Crippen molar-refractivity contribution in [2.75, 3.05) is 0 Å². The molecule has 0 aliphatic heterocycles. The summed E-state index contributed by atoms with van der Waals surface area (Å²) in [7, 11) is 0. The Morgan fingerprint density at radius 1 is 1.44 bits per heavy atom. The lowest BCUT2D eigenvalue weighted by Gasteiger charge is -2.01. The summed E-state index contributed by atoms with van der Waals surface area (Å²) < 4.78 is 0.994. The summed E-state index contributed by atoms with van der Waals surface area (Å²) in [6.45, 7) is 0. The van der Waals surface area contributed by atoms with Gasteiger partial charge in [-0.2, -0.15) is 0 Å². The number of hydrogen-bond donors (Lipinski definition) is 1. The molecule has 0 saturated carbocycles. The van der Waals surface area contributed by atoms with Crippen LogP contribution < -0.4 is 0 Å². The molecule has 0 atom stereocenters. The van der Waals surface area contributed by atoms with Crippen LogP contribution in [0.15, 0.2) is 24.4 Å². The molecular weight excluding hydrogens is 264 g/mol. The fourth-order valence-corrected chi connectivity index (χ4v) is 1.44. The van der Waals surface area contributed by atoms with E-state index in [1.165, 1.54) is 18.3 Å². The van der Waals surface area contributed by atoms with Crippen LogP contribution in [-0.4, -0.2) is 30.8 Å². The molecule has 0 unspecified atom stereocenters. The van der Waals surface area contributed by atoms with Crippen molar-refractivity contribution in [1.29, 1.82) is 0 Å². The largest absolute Gasteiger partial charge is 0.478 e. The average molecular weight is 269 g/mol. The highest BCUT2D eigenvalue weighted by atomic mass is 35.5. The number of aromatic carboxylic acids is 1. The third-order valence-corrected chi connectivity index (χ3v) is 2.26. The predicted octanol–water partition coefficient (Wildman–Crippen LogP) is 1.53. The van der Waals surface area contributed by atoms with Crippen molar-refractivity contribution in [1.82, 2.24) is 14.8 Å². The second-order valence-corrected chi connectivity index (χ2v) is 3.57. The molecule has 2 aromatic rings. The van der Waals surface area contributed by atoms with Gasteiger partial charge >= 0.3 is 11.8 Å². The van der Waals surface area contributed by atoms with Crippen LogP contribution >= 0.6 is 11.6 Å². The van der Waals surface area contributed by atoms with Gasteiger partial charge in [0.15, 0.2) is 5.82 Å². The van der Waals surface area contributed by atoms with Crippen molar-refractivity contribution in [3.63, 3.8) is 0 Å². The Morgan fingerprint density at radius 2 is 2.17 bits per heavy atom. The fourth-order valence-electron chi connectivity index (χ4n) is 1.30. The molecule has 0 spiro atoms. The summed E-state index contributed by atoms with van der Waals surface area (Å²) in [4.78, 5) is 24.6. The van der Waals surface area contributed by atoms with Crippen molar-refractivity contribution in [3.05, 3.63) is 45.2 Å². The minimum atomic E-state index is -1.23. The molecule has 0 aliphatic carbocycles. The first-order valence-electron chi connectivity index (χ1n) is 4.59. The lowest BCUT2D eigenvalue weighted by Crippen LogP contribution is -2.08. The molecule has 2 heterocycles. The third-order valence-electron chi connectivity index (χ3n) is 2.05. The normalized spacial score (nSPS) is 10.3. The minimum Gasteiger partial charge on any atom is -0.478 e. The van der Waals surface area contributed by atoms with E-state index in [9.17, 15) is 14.9 Å². The second-order valence-electron chi connectivity index (χ2n) is 3.19. The zero-order valence-corrected chi connectivity index (χ0v) is 9.40. The highest BCUT2D eigenvalue weighted by Gasteiger charge is 2.19. The van der Waals surface area contributed by atoms with Crippen LogP contribution in [-0.2, 0) is 0 Å². The van der Waals surface area contributed by atoms with Crippen molar-refractivity contribution in [2.45, 2.75) is 0 Å². The average Bonchev–Trinajstić information content (AvgIpc) is 2.77. The lowest BCUT2D eigenvalue weighted by molar-refractivity contribution is -0.389. The van der Waals surface area contributed by atoms with Gasteiger partial charge in [0.2, 0.25) is 0 Å². The first kappa shape index (κ1) is 12.0. The smallest absolute Gasteiger partial charge is 0.390 e. The van der Waals surface area contributed by atoms with Crippen molar-refractivity contribution in [2.24, 2.45) is 0 Å². The van der Waals surface area contributed by atoms with Crippen LogP contribution in [0.1, 0.15) is 10.4 Å². The summed E-state index contributed by atoms with van der Waals surface area (Å²) in [5.41, 5.74) is -0.155. The molecule has 0 amide bonds. The standard InChI is InChI=1S/C9H5ClN4O4/c10-6-2-1-5(9(15)16)8(11-6)13-4-3-7(12-13)14(17)18/h1-4H,(H,15,16). The Labute approximate surface area is 105 Å². The molecule has 18 heavy (non-hydrogen) atoms. The van der Waals surface area contributed by atoms with Crippen molar-refractivity contribution in [3.8, 4) is 5.82 Å². The Hall–Kier alpha value is -2.48. The van der Waals surface area contributed by atoms with E-state index in [0.717, 1.165) is 10.7 Å². The van der Waals surface area contributed by atoms with Crippen LogP contribution in [0.5, 0.6) is 0 Å². The number of rotatable bonds is 3. The quantitative estimate of drug-likeness (QED) is 0.513. The number of halogens is 1. The van der Waals surface area contributed by atoms with E-state index in [1.54, 1.807) is 0 Å². The molecule has 0 fully saturated rings. The molecule has 0 bridgehead atoms. The van der Waals surface area contributed by atoms with Gasteiger partial charge in [0, 0.05) is 0 Å². The van der Waals surface area contributed by atoms with Crippen LogP contribution in [0.25, 0.3) is 5.82 Å². The van der Waals surface area contributed by atoms with E-state index >= 15 is 0 Å². The van der Waals surface area contributed by atoms with E-state index in [0.29, 0.717) is 0 Å². The van der Waals surface area contributed by atoms with Crippen LogP contribution in [0.4, 0.5) is 5.82 Å². The highest BCUT2D eigenvalue weighted by Crippen LogP contribution is 2.17. The maximum atomic E-state index is 11.0. The van der Waals surface area contributed by atoms with Crippen molar-refractivity contribution >= 4 is 23.4 Å². The third kappa shape index (κ3) is 2.13. The predicted molar refractivity (Wildman–Crippen MR) is 60.0 cm³/mol. The van der Waals surface area contributed by atoms with Gasteiger partial charge in [-0.1, -0.05) is 11.6 Å². The molecule has 0 aromatic carbocycles. The van der Waals surface area contributed by atoms with E-state index in [1.807, 2.05) is 0 Å². The van der Waals surface area contributed by atoms with Gasteiger partial charge in [-0.3, -0.25) is 0 Å². The number of pyridine rings is 1. The molecule has 0 aliphatic rings. The number of carbonyl (C=O) groups is 1. The summed E-state index contributed by atoms with van der Waals surface area (Å²) in [5.74, 6) is -1.72. The van der Waals surface area contributed by atoms with Crippen molar-refractivity contribution < 1.29 is 14.8 Å². The Kier molecular flexibility index (Phi) is 2.94. The number of nitrogens with zero attached hydrogens (tertiary/aromatic N) is 4. The first-order valence-corrected chi connectivity index (χ1v) is 4.97. The molecular formula is C9H5ClN4O4. The van der Waals surface area contributed by atoms with Gasteiger partial charge in [-0.25, -0.2) is 9.78 Å². The SMILES string of the molecule is O=C(O)c1ccc(Cl)nc1-n1ccc([N+](=O)[O-])n1. The first-order chi connectivity index (χ1) is 8.49. The maximum absolute atomic E-state index is 11.0. The molecule has 0 radical (unpaired) electrons. The molecule has 0 saturated heterocycles. The molecule has 2 aromatic heterocycles. The fraction of sp³-hybridized carbons (Fsp3) is 0. The van der Waals surface area contributed by atoms with E-state index in [-0.39, 0.29) is 16.5 Å². The number of aromatic nitrogens is 3. The highest BCUT2D eigenvalue weighted by molar-refractivity contribution is 6.29. The molecule has 92 valence electrons. The summed E-state index contributed by atoms with van der Waals surface area (Å²) in [5, 5.41) is 23.1. The van der Waals surface area contributed by atoms with Gasteiger partial charge in [0.25, 0.3) is 0 Å². The maximum Gasteiger partial charge on any atom is 0.390 e. The van der Waals surface area contributed by atoms with Gasteiger partial charge in [-0.15, -0.1) is 4.68 Å². The summed E-state index contributed by atoms with van der Waals surface area (Å²) in [6, 6.07) is 3.70. The van der Waals surface area contributed by atoms with Crippen LogP contribution in [0, 0.1) is 10.1 Å². The van der Waals surface area contributed by atoms with Gasteiger partial charge in [0.1, 0.15) is 10.7 Å². The Balaban J connectivity index is 2.57. The zero-order chi connectivity index (χ0) is 13.3. The lowest BCUT2D eigenvalue weighted by atomic mass is 10.2. The number of carboxylic acid groups (broad SMARTS) is 1. The van der Waals surface area contributed by atoms with Gasteiger partial charge < -0.3 is 15.2 Å². The topological polar surface area (TPSA) is 111 Å². The second kappa shape index (κ2) is 4.41. The van der Waals surface area contributed by atoms with Crippen LogP contribution in [0.3, 0.4) is 0 Å². The number of hydrogen-bond acceptors (Lipinski definition) is 5. The van der Waals surface area contributed by atoms with E-state index < -0.39 is 16.7 Å². The molecule has 2 rings (SSSR count). The number of nitro groups is 1. The molecule has 1 N–H and O–H groups in total. The van der Waals surface area contributed by atoms with Crippen LogP contribution in [0.2, 0.25) is 5.15 Å². The molecule has 8 nitrogen and oxygen atoms in total.